The normalized spacial score (nSPS) is 10.9. The van der Waals surface area contributed by atoms with Gasteiger partial charge in [-0.1, -0.05) is 12.1 Å². The van der Waals surface area contributed by atoms with Crippen molar-refractivity contribution in [3.63, 3.8) is 0 Å². The van der Waals surface area contributed by atoms with Crippen molar-refractivity contribution in [2.75, 3.05) is 0 Å². The fourth-order valence-electron chi connectivity index (χ4n) is 1.78. The van der Waals surface area contributed by atoms with E-state index in [9.17, 15) is 9.59 Å². The Morgan fingerprint density at radius 2 is 1.36 bits per heavy atom. The molecular formula is C17H18N6O2. The smallest absolute Gasteiger partial charge is 0.240 e. The second-order valence-corrected chi connectivity index (χ2v) is 5.01. The quantitative estimate of drug-likeness (QED) is 0.557. The van der Waals surface area contributed by atoms with Gasteiger partial charge in [0.15, 0.2) is 0 Å². The van der Waals surface area contributed by atoms with Crippen molar-refractivity contribution in [3.8, 4) is 0 Å². The van der Waals surface area contributed by atoms with Gasteiger partial charge < -0.3 is 0 Å². The van der Waals surface area contributed by atoms with Gasteiger partial charge in [-0.3, -0.25) is 19.6 Å². The van der Waals surface area contributed by atoms with Crippen molar-refractivity contribution in [2.24, 2.45) is 10.2 Å². The number of nitrogens with zero attached hydrogens (tertiary/aromatic N) is 4. The molecule has 128 valence electrons. The van der Waals surface area contributed by atoms with Crippen LogP contribution < -0.4 is 10.9 Å². The summed E-state index contributed by atoms with van der Waals surface area (Å²) in [5.41, 5.74) is 6.38. The minimum atomic E-state index is -0.258. The predicted molar refractivity (Wildman–Crippen MR) is 93.8 cm³/mol. The molecule has 0 aliphatic carbocycles. The maximum Gasteiger partial charge on any atom is 0.240 e. The van der Waals surface area contributed by atoms with Gasteiger partial charge in [0.25, 0.3) is 0 Å². The van der Waals surface area contributed by atoms with Crippen LogP contribution in [0.3, 0.4) is 0 Å². The highest BCUT2D eigenvalue weighted by Gasteiger charge is 2.03. The van der Waals surface area contributed by atoms with Crippen LogP contribution in [0.2, 0.25) is 0 Å². The number of carbonyl (C=O) groups excluding carboxylic acids is 2. The van der Waals surface area contributed by atoms with Gasteiger partial charge in [-0.15, -0.1) is 0 Å². The highest BCUT2D eigenvalue weighted by molar-refractivity contribution is 5.83. The summed E-state index contributed by atoms with van der Waals surface area (Å²) >= 11 is 0. The van der Waals surface area contributed by atoms with Gasteiger partial charge in [0.2, 0.25) is 11.8 Å². The molecular weight excluding hydrogens is 320 g/mol. The number of nitrogens with one attached hydrogen (secondary N) is 2. The zero-order valence-corrected chi connectivity index (χ0v) is 13.5. The average Bonchev–Trinajstić information content (AvgIpc) is 2.63. The van der Waals surface area contributed by atoms with E-state index in [0.29, 0.717) is 6.42 Å². The van der Waals surface area contributed by atoms with E-state index in [2.05, 4.69) is 31.0 Å². The number of aromatic nitrogens is 2. The summed E-state index contributed by atoms with van der Waals surface area (Å²) in [5, 5.41) is 7.66. The van der Waals surface area contributed by atoms with E-state index in [4.69, 9.17) is 0 Å². The molecule has 2 rings (SSSR count). The summed E-state index contributed by atoms with van der Waals surface area (Å²) in [6, 6.07) is 7.19. The number of pyridine rings is 2. The molecule has 8 heteroatoms. The summed E-state index contributed by atoms with van der Waals surface area (Å²) in [4.78, 5) is 31.1. The van der Waals surface area contributed by atoms with Crippen LogP contribution in [-0.4, -0.2) is 34.2 Å². The Morgan fingerprint density at radius 1 is 0.880 bits per heavy atom. The lowest BCUT2D eigenvalue weighted by Crippen LogP contribution is -2.20. The van der Waals surface area contributed by atoms with Crippen LogP contribution in [0, 0.1) is 0 Å². The SMILES string of the molecule is O=C(CCCC(=O)NN=Cc1cccnc1)NN=Cc1cccnc1. The maximum atomic E-state index is 11.6. The Morgan fingerprint density at radius 3 is 1.76 bits per heavy atom. The maximum absolute atomic E-state index is 11.6. The van der Waals surface area contributed by atoms with Crippen LogP contribution in [0.25, 0.3) is 0 Å². The molecule has 0 saturated carbocycles. The first-order chi connectivity index (χ1) is 12.2. The van der Waals surface area contributed by atoms with E-state index in [1.165, 1.54) is 12.4 Å². The summed E-state index contributed by atoms with van der Waals surface area (Å²) < 4.78 is 0. The molecule has 2 heterocycles. The molecule has 0 aliphatic heterocycles. The van der Waals surface area contributed by atoms with Crippen LogP contribution in [0.4, 0.5) is 0 Å². The van der Waals surface area contributed by atoms with E-state index in [1.54, 1.807) is 36.9 Å². The molecule has 8 nitrogen and oxygen atoms in total. The van der Waals surface area contributed by atoms with Crippen LogP contribution >= 0.6 is 0 Å². The highest BCUT2D eigenvalue weighted by Crippen LogP contribution is 1.96. The van der Waals surface area contributed by atoms with Crippen molar-refractivity contribution in [3.05, 3.63) is 60.2 Å². The van der Waals surface area contributed by atoms with Gasteiger partial charge in [-0.05, 0) is 18.6 Å². The molecule has 2 amide bonds. The lowest BCUT2D eigenvalue weighted by atomic mass is 10.2. The Hall–Kier alpha value is -3.42. The lowest BCUT2D eigenvalue weighted by Gasteiger charge is -2.00. The summed E-state index contributed by atoms with van der Waals surface area (Å²) in [6.45, 7) is 0. The Balaban J connectivity index is 1.59. The number of amides is 2. The topological polar surface area (TPSA) is 109 Å². The molecule has 2 aromatic heterocycles. The summed E-state index contributed by atoms with van der Waals surface area (Å²) in [7, 11) is 0. The van der Waals surface area contributed by atoms with Crippen LogP contribution in [0.1, 0.15) is 30.4 Å². The zero-order valence-electron chi connectivity index (χ0n) is 13.5. The molecule has 0 bridgehead atoms. The number of rotatable bonds is 8. The highest BCUT2D eigenvalue weighted by atomic mass is 16.2. The minimum Gasteiger partial charge on any atom is -0.273 e. The molecule has 0 atom stereocenters. The molecule has 0 aliphatic rings. The number of hydrogen-bond donors (Lipinski definition) is 2. The van der Waals surface area contributed by atoms with Gasteiger partial charge in [0.1, 0.15) is 0 Å². The van der Waals surface area contributed by atoms with Crippen LogP contribution in [0.5, 0.6) is 0 Å². The van der Waals surface area contributed by atoms with Gasteiger partial charge in [-0.2, -0.15) is 10.2 Å². The zero-order chi connectivity index (χ0) is 17.7. The molecule has 0 spiro atoms. The van der Waals surface area contributed by atoms with E-state index >= 15 is 0 Å². The third kappa shape index (κ3) is 7.60. The van der Waals surface area contributed by atoms with Crippen molar-refractivity contribution in [2.45, 2.75) is 19.3 Å². The molecule has 25 heavy (non-hydrogen) atoms. The van der Waals surface area contributed by atoms with Crippen molar-refractivity contribution in [1.29, 1.82) is 0 Å². The Labute approximate surface area is 145 Å². The fourth-order valence-corrected chi connectivity index (χ4v) is 1.78. The molecule has 0 aromatic carbocycles. The summed E-state index contributed by atoms with van der Waals surface area (Å²) in [6.07, 6.45) is 10.4. The lowest BCUT2D eigenvalue weighted by molar-refractivity contribution is -0.122. The number of hydrazone groups is 2. The van der Waals surface area contributed by atoms with Crippen molar-refractivity contribution in [1.82, 2.24) is 20.8 Å². The van der Waals surface area contributed by atoms with E-state index in [-0.39, 0.29) is 24.7 Å². The minimum absolute atomic E-state index is 0.199. The first kappa shape index (κ1) is 17.9. The standard InChI is InChI=1S/C17H18N6O2/c24-16(22-20-12-14-4-2-8-18-10-14)6-1-7-17(25)23-21-13-15-5-3-9-19-11-15/h2-5,8-13H,1,6-7H2,(H,22,24)(H,23,25). The van der Waals surface area contributed by atoms with Gasteiger partial charge in [0.05, 0.1) is 12.4 Å². The second-order valence-electron chi connectivity index (χ2n) is 5.01. The number of hydrogen-bond acceptors (Lipinski definition) is 6. The monoisotopic (exact) mass is 338 g/mol. The molecule has 0 unspecified atom stereocenters. The molecule has 2 aromatic rings. The van der Waals surface area contributed by atoms with Crippen molar-refractivity contribution >= 4 is 24.2 Å². The summed E-state index contributed by atoms with van der Waals surface area (Å²) in [5.74, 6) is -0.515. The fraction of sp³-hybridized carbons (Fsp3) is 0.176. The Bertz CT molecular complexity index is 668. The van der Waals surface area contributed by atoms with Crippen LogP contribution in [0.15, 0.2) is 59.3 Å². The van der Waals surface area contributed by atoms with E-state index in [1.807, 2.05) is 12.1 Å². The molecule has 0 fully saturated rings. The number of carbonyl (C=O) groups is 2. The molecule has 2 N–H and O–H groups in total. The van der Waals surface area contributed by atoms with Gasteiger partial charge in [0, 0.05) is 48.8 Å². The first-order valence-corrected chi connectivity index (χ1v) is 7.68. The van der Waals surface area contributed by atoms with Crippen molar-refractivity contribution < 1.29 is 9.59 Å². The van der Waals surface area contributed by atoms with Gasteiger partial charge >= 0.3 is 0 Å². The molecule has 0 radical (unpaired) electrons. The van der Waals surface area contributed by atoms with Crippen LogP contribution in [-0.2, 0) is 9.59 Å². The predicted octanol–water partition coefficient (Wildman–Crippen LogP) is 1.25. The van der Waals surface area contributed by atoms with E-state index in [0.717, 1.165) is 11.1 Å². The first-order valence-electron chi connectivity index (χ1n) is 7.68. The largest absolute Gasteiger partial charge is 0.273 e. The third-order valence-electron chi connectivity index (χ3n) is 2.98. The second kappa shape index (κ2) is 10.4. The van der Waals surface area contributed by atoms with Gasteiger partial charge in [-0.25, -0.2) is 10.9 Å². The van der Waals surface area contributed by atoms with E-state index < -0.39 is 0 Å². The Kier molecular flexibility index (Phi) is 7.44. The average molecular weight is 338 g/mol. The third-order valence-corrected chi connectivity index (χ3v) is 2.98. The molecule has 0 saturated heterocycles.